The van der Waals surface area contributed by atoms with Gasteiger partial charge in [0.1, 0.15) is 23.0 Å². The minimum Gasteiger partial charge on any atom is -0.494 e. The van der Waals surface area contributed by atoms with E-state index in [1.54, 1.807) is 0 Å². The summed E-state index contributed by atoms with van der Waals surface area (Å²) < 4.78 is 23.9. The lowest BCUT2D eigenvalue weighted by Crippen LogP contribution is -1.97. The van der Waals surface area contributed by atoms with Crippen LogP contribution in [0.5, 0.6) is 23.0 Å². The fourth-order valence-corrected chi connectivity index (χ4v) is 5.95. The minimum atomic E-state index is 0.734. The standard InChI is InChI=1S/C50H58O4/c1-5-9-33-51-45-25-17-41(18-26-45)49(42-19-27-46(28-20-42)52-34-10-6-2)37-39-13-15-40(16-14-39)38-50(43-21-29-47(30-22-43)53-35-11-7-3)44-23-31-48(32-24-44)54-36-12-8-4/h13-32,37-38H,5-12,33-36H2,1-4H3. The van der Waals surface area contributed by atoms with E-state index >= 15 is 0 Å². The Hall–Kier alpha value is -5.22. The molecule has 5 rings (SSSR count). The van der Waals surface area contributed by atoms with Gasteiger partial charge < -0.3 is 18.9 Å². The van der Waals surface area contributed by atoms with Gasteiger partial charge in [-0.25, -0.2) is 0 Å². The van der Waals surface area contributed by atoms with Crippen LogP contribution in [0.4, 0.5) is 0 Å². The highest BCUT2D eigenvalue weighted by atomic mass is 16.5. The summed E-state index contributed by atoms with van der Waals surface area (Å²) >= 11 is 0. The number of rotatable bonds is 22. The molecule has 0 spiro atoms. The van der Waals surface area contributed by atoms with Crippen molar-refractivity contribution < 1.29 is 18.9 Å². The largest absolute Gasteiger partial charge is 0.494 e. The van der Waals surface area contributed by atoms with Crippen molar-refractivity contribution >= 4 is 23.3 Å². The Balaban J connectivity index is 1.45. The minimum absolute atomic E-state index is 0.734. The summed E-state index contributed by atoms with van der Waals surface area (Å²) in [7, 11) is 0. The zero-order chi connectivity index (χ0) is 37.8. The topological polar surface area (TPSA) is 36.9 Å². The third-order valence-electron chi connectivity index (χ3n) is 9.29. The van der Waals surface area contributed by atoms with Crippen molar-refractivity contribution in [1.82, 2.24) is 0 Å². The molecular weight excluding hydrogens is 665 g/mol. The van der Waals surface area contributed by atoms with Crippen LogP contribution in [0.2, 0.25) is 0 Å². The molecular formula is C50H58O4. The number of benzene rings is 5. The Kier molecular flexibility index (Phi) is 16.4. The Bertz CT molecular complexity index is 1600. The molecule has 0 atom stereocenters. The van der Waals surface area contributed by atoms with Crippen molar-refractivity contribution in [3.63, 3.8) is 0 Å². The summed E-state index contributed by atoms with van der Waals surface area (Å²) in [4.78, 5) is 0. The first-order chi connectivity index (χ1) is 26.6. The zero-order valence-corrected chi connectivity index (χ0v) is 32.8. The van der Waals surface area contributed by atoms with Gasteiger partial charge in [0, 0.05) is 0 Å². The Labute approximate surface area is 324 Å². The molecule has 5 aromatic rings. The van der Waals surface area contributed by atoms with Crippen molar-refractivity contribution in [3.8, 4) is 23.0 Å². The molecule has 5 aromatic carbocycles. The number of ether oxygens (including phenoxy) is 4. The van der Waals surface area contributed by atoms with E-state index in [-0.39, 0.29) is 0 Å². The van der Waals surface area contributed by atoms with Gasteiger partial charge in [-0.15, -0.1) is 0 Å². The molecule has 0 N–H and O–H groups in total. The molecule has 4 heteroatoms. The molecule has 0 aliphatic rings. The van der Waals surface area contributed by atoms with E-state index in [4.69, 9.17) is 18.9 Å². The monoisotopic (exact) mass is 722 g/mol. The summed E-state index contributed by atoms with van der Waals surface area (Å²) in [5.74, 6) is 3.59. The second kappa shape index (κ2) is 22.1. The van der Waals surface area contributed by atoms with E-state index in [0.29, 0.717) is 0 Å². The van der Waals surface area contributed by atoms with E-state index in [0.717, 1.165) is 145 Å². The van der Waals surface area contributed by atoms with Crippen LogP contribution in [0.25, 0.3) is 23.3 Å². The van der Waals surface area contributed by atoms with Crippen LogP contribution in [0.3, 0.4) is 0 Å². The summed E-state index contributed by atoms with van der Waals surface area (Å²) in [5, 5.41) is 0. The first-order valence-electron chi connectivity index (χ1n) is 20.1. The van der Waals surface area contributed by atoms with Gasteiger partial charge in [-0.05, 0) is 131 Å². The van der Waals surface area contributed by atoms with E-state index in [9.17, 15) is 0 Å². The normalized spacial score (nSPS) is 10.7. The van der Waals surface area contributed by atoms with Crippen LogP contribution in [0, 0.1) is 0 Å². The van der Waals surface area contributed by atoms with Crippen molar-refractivity contribution in [2.24, 2.45) is 0 Å². The first kappa shape index (κ1) is 40.0. The molecule has 0 aliphatic carbocycles. The summed E-state index contributed by atoms with van der Waals surface area (Å²) in [5.41, 5.74) is 9.06. The average Bonchev–Trinajstić information content (AvgIpc) is 3.21. The molecule has 0 radical (unpaired) electrons. The van der Waals surface area contributed by atoms with Crippen LogP contribution in [0.1, 0.15) is 112 Å². The van der Waals surface area contributed by atoms with Crippen molar-refractivity contribution in [2.75, 3.05) is 26.4 Å². The predicted molar refractivity (Wildman–Crippen MR) is 228 cm³/mol. The van der Waals surface area contributed by atoms with Gasteiger partial charge in [0.2, 0.25) is 0 Å². The first-order valence-corrected chi connectivity index (χ1v) is 20.1. The zero-order valence-electron chi connectivity index (χ0n) is 32.8. The maximum atomic E-state index is 5.97. The van der Waals surface area contributed by atoms with Gasteiger partial charge in [-0.3, -0.25) is 0 Å². The predicted octanol–water partition coefficient (Wildman–Crippen LogP) is 13.6. The van der Waals surface area contributed by atoms with Crippen LogP contribution in [0.15, 0.2) is 121 Å². The number of unbranched alkanes of at least 4 members (excludes halogenated alkanes) is 4. The van der Waals surface area contributed by atoms with Gasteiger partial charge in [0.05, 0.1) is 26.4 Å². The van der Waals surface area contributed by atoms with E-state index in [1.807, 2.05) is 0 Å². The third kappa shape index (κ3) is 12.4. The van der Waals surface area contributed by atoms with Crippen LogP contribution >= 0.6 is 0 Å². The van der Waals surface area contributed by atoms with Gasteiger partial charge in [-0.1, -0.05) is 126 Å². The van der Waals surface area contributed by atoms with Gasteiger partial charge in [0.25, 0.3) is 0 Å². The lowest BCUT2D eigenvalue weighted by atomic mass is 9.94. The molecule has 0 fully saturated rings. The Morgan fingerprint density at radius 2 is 0.556 bits per heavy atom. The summed E-state index contributed by atoms with van der Waals surface area (Å²) in [6.07, 6.45) is 13.2. The number of hydrogen-bond acceptors (Lipinski definition) is 4. The fourth-order valence-electron chi connectivity index (χ4n) is 5.95. The summed E-state index contributed by atoms with van der Waals surface area (Å²) in [6, 6.07) is 42.6. The molecule has 282 valence electrons. The molecule has 54 heavy (non-hydrogen) atoms. The Morgan fingerprint density at radius 3 is 0.759 bits per heavy atom. The summed E-state index contributed by atoms with van der Waals surface area (Å²) in [6.45, 7) is 11.7. The molecule has 0 unspecified atom stereocenters. The molecule has 0 heterocycles. The molecule has 0 saturated heterocycles. The average molecular weight is 723 g/mol. The van der Waals surface area contributed by atoms with Gasteiger partial charge in [0.15, 0.2) is 0 Å². The fraction of sp³-hybridized carbons (Fsp3) is 0.320. The van der Waals surface area contributed by atoms with E-state index in [2.05, 4.69) is 161 Å². The lowest BCUT2D eigenvalue weighted by Gasteiger charge is -2.13. The highest BCUT2D eigenvalue weighted by Gasteiger charge is 2.10. The van der Waals surface area contributed by atoms with Crippen molar-refractivity contribution in [2.45, 2.75) is 79.1 Å². The Morgan fingerprint density at radius 1 is 0.333 bits per heavy atom. The molecule has 0 saturated carbocycles. The second-order valence-electron chi connectivity index (χ2n) is 13.7. The SMILES string of the molecule is CCCCOc1ccc(C(=Cc2ccc(C=C(c3ccc(OCCCC)cc3)c3ccc(OCCCC)cc3)cc2)c2ccc(OCCCC)cc2)cc1. The van der Waals surface area contributed by atoms with Gasteiger partial charge >= 0.3 is 0 Å². The van der Waals surface area contributed by atoms with E-state index < -0.39 is 0 Å². The maximum absolute atomic E-state index is 5.97. The highest BCUT2D eigenvalue weighted by Crippen LogP contribution is 2.32. The highest BCUT2D eigenvalue weighted by molar-refractivity contribution is 5.93. The quantitative estimate of drug-likeness (QED) is 0.0526. The maximum Gasteiger partial charge on any atom is 0.119 e. The molecule has 4 nitrogen and oxygen atoms in total. The second-order valence-corrected chi connectivity index (χ2v) is 13.7. The third-order valence-corrected chi connectivity index (χ3v) is 9.29. The molecule has 0 aliphatic heterocycles. The molecule has 0 bridgehead atoms. The van der Waals surface area contributed by atoms with Gasteiger partial charge in [-0.2, -0.15) is 0 Å². The molecule has 0 amide bonds. The lowest BCUT2D eigenvalue weighted by molar-refractivity contribution is 0.309. The van der Waals surface area contributed by atoms with Crippen LogP contribution < -0.4 is 18.9 Å². The van der Waals surface area contributed by atoms with Crippen LogP contribution in [-0.4, -0.2) is 26.4 Å². The smallest absolute Gasteiger partial charge is 0.119 e. The van der Waals surface area contributed by atoms with E-state index in [1.165, 1.54) is 0 Å². The van der Waals surface area contributed by atoms with Crippen molar-refractivity contribution in [3.05, 3.63) is 155 Å². The number of hydrogen-bond donors (Lipinski definition) is 0. The van der Waals surface area contributed by atoms with Crippen molar-refractivity contribution in [1.29, 1.82) is 0 Å². The van der Waals surface area contributed by atoms with Crippen LogP contribution in [-0.2, 0) is 0 Å². The molecule has 0 aromatic heterocycles.